The van der Waals surface area contributed by atoms with E-state index in [1.807, 2.05) is 0 Å². The molecule has 0 aromatic heterocycles. The molecule has 132 valence electrons. The van der Waals surface area contributed by atoms with Crippen LogP contribution in [0.25, 0.3) is 0 Å². The summed E-state index contributed by atoms with van der Waals surface area (Å²) in [4.78, 5) is 0.483. The topological polar surface area (TPSA) is 0 Å². The van der Waals surface area contributed by atoms with Crippen molar-refractivity contribution in [1.29, 1.82) is 0 Å². The van der Waals surface area contributed by atoms with Crippen molar-refractivity contribution in [3.05, 3.63) is 29.3 Å². The Balaban J connectivity index is 2.34. The first kappa shape index (κ1) is 20.7. The Kier molecular flexibility index (Phi) is 10.1. The van der Waals surface area contributed by atoms with Gasteiger partial charge >= 0.3 is 0 Å². The fourth-order valence-electron chi connectivity index (χ4n) is 2.40. The predicted molar refractivity (Wildman–Crippen MR) is 94.4 cm³/mol. The van der Waals surface area contributed by atoms with Crippen LogP contribution in [0, 0.1) is 0 Å². The quantitative estimate of drug-likeness (QED) is 0.267. The fourth-order valence-corrected chi connectivity index (χ4v) is 3.53. The maximum atomic E-state index is 14.6. The van der Waals surface area contributed by atoms with E-state index in [2.05, 4.69) is 6.92 Å². The molecule has 5 heteroatoms. The lowest BCUT2D eigenvalue weighted by atomic mass is 10.1. The van der Waals surface area contributed by atoms with Crippen LogP contribution in [0.2, 0.25) is 5.02 Å². The van der Waals surface area contributed by atoms with Crippen LogP contribution in [0.4, 0.5) is 13.2 Å². The van der Waals surface area contributed by atoms with Gasteiger partial charge in [-0.3, -0.25) is 0 Å². The number of unbranched alkanes of at least 4 members (excludes halogenated alkanes) is 7. The van der Waals surface area contributed by atoms with E-state index in [-0.39, 0.29) is 6.42 Å². The van der Waals surface area contributed by atoms with Crippen molar-refractivity contribution < 1.29 is 13.2 Å². The molecular weight excluding hydrogens is 341 g/mol. The van der Waals surface area contributed by atoms with Crippen LogP contribution in [-0.2, 0) is 0 Å². The van der Waals surface area contributed by atoms with Crippen LogP contribution in [0.1, 0.15) is 64.7 Å². The molecule has 0 aliphatic rings. The Morgan fingerprint density at radius 2 is 1.48 bits per heavy atom. The number of halogens is 4. The van der Waals surface area contributed by atoms with Crippen molar-refractivity contribution in [1.82, 2.24) is 0 Å². The number of hydrogen-bond donors (Lipinski definition) is 0. The number of benzene rings is 1. The molecule has 1 atom stereocenters. The summed E-state index contributed by atoms with van der Waals surface area (Å²) in [6.45, 7) is 2.17. The van der Waals surface area contributed by atoms with Gasteiger partial charge in [0.05, 0.1) is 0 Å². The standard InChI is InChI=1S/C18H26ClF3S/c1-2-3-4-5-6-7-8-9-14-18(22,17(20)21)23-16-12-10-15(19)11-13-16/h10-13,17H,2-9,14H2,1H3. The average Bonchev–Trinajstić information content (AvgIpc) is 2.52. The molecule has 0 fully saturated rings. The van der Waals surface area contributed by atoms with Gasteiger partial charge in [-0.15, -0.1) is 0 Å². The van der Waals surface area contributed by atoms with E-state index in [1.54, 1.807) is 24.3 Å². The zero-order valence-corrected chi connectivity index (χ0v) is 15.2. The van der Waals surface area contributed by atoms with E-state index in [0.29, 0.717) is 28.1 Å². The van der Waals surface area contributed by atoms with E-state index in [0.717, 1.165) is 19.3 Å². The maximum Gasteiger partial charge on any atom is 0.281 e. The summed E-state index contributed by atoms with van der Waals surface area (Å²) in [5.41, 5.74) is 0. The van der Waals surface area contributed by atoms with Crippen LogP contribution in [0.3, 0.4) is 0 Å². The Hall–Kier alpha value is -0.350. The van der Waals surface area contributed by atoms with E-state index >= 15 is 0 Å². The number of alkyl halides is 3. The van der Waals surface area contributed by atoms with Crippen LogP contribution < -0.4 is 0 Å². The minimum absolute atomic E-state index is 0.118. The lowest BCUT2D eigenvalue weighted by molar-refractivity contribution is 0.0209. The van der Waals surface area contributed by atoms with Gasteiger partial charge in [-0.2, -0.15) is 0 Å². The molecule has 0 aliphatic heterocycles. The molecule has 0 amide bonds. The smallest absolute Gasteiger partial charge is 0.225 e. The zero-order valence-electron chi connectivity index (χ0n) is 13.7. The van der Waals surface area contributed by atoms with Crippen molar-refractivity contribution in [3.63, 3.8) is 0 Å². The molecule has 1 aromatic rings. The summed E-state index contributed by atoms with van der Waals surface area (Å²) in [5, 5.41) is -2.00. The van der Waals surface area contributed by atoms with Gasteiger partial charge in [0.1, 0.15) is 0 Å². The third kappa shape index (κ3) is 8.35. The normalized spacial score (nSPS) is 14.2. The van der Waals surface area contributed by atoms with E-state index in [4.69, 9.17) is 11.6 Å². The number of rotatable bonds is 12. The highest BCUT2D eigenvalue weighted by Crippen LogP contribution is 2.43. The average molecular weight is 367 g/mol. The second-order valence-electron chi connectivity index (χ2n) is 5.87. The molecule has 0 saturated carbocycles. The first-order chi connectivity index (χ1) is 11.0. The highest BCUT2D eigenvalue weighted by molar-refractivity contribution is 8.00. The molecular formula is C18H26ClF3S. The van der Waals surface area contributed by atoms with Gasteiger partial charge in [0.15, 0.2) is 0 Å². The van der Waals surface area contributed by atoms with E-state index < -0.39 is 11.4 Å². The minimum atomic E-state index is -2.99. The fraction of sp³-hybridized carbons (Fsp3) is 0.667. The third-order valence-electron chi connectivity index (χ3n) is 3.80. The summed E-state index contributed by atoms with van der Waals surface area (Å²) in [7, 11) is 0. The van der Waals surface area contributed by atoms with Crippen molar-refractivity contribution in [3.8, 4) is 0 Å². The van der Waals surface area contributed by atoms with Gasteiger partial charge < -0.3 is 0 Å². The first-order valence-electron chi connectivity index (χ1n) is 8.39. The Morgan fingerprint density at radius 1 is 0.957 bits per heavy atom. The van der Waals surface area contributed by atoms with Gasteiger partial charge in [-0.05, 0) is 37.1 Å². The van der Waals surface area contributed by atoms with Crippen LogP contribution in [0.5, 0.6) is 0 Å². The van der Waals surface area contributed by atoms with Crippen LogP contribution in [0.15, 0.2) is 29.2 Å². The maximum absolute atomic E-state index is 14.6. The molecule has 1 rings (SSSR count). The number of hydrogen-bond acceptors (Lipinski definition) is 1. The lowest BCUT2D eigenvalue weighted by Gasteiger charge is -2.24. The lowest BCUT2D eigenvalue weighted by Crippen LogP contribution is -2.28. The molecule has 23 heavy (non-hydrogen) atoms. The molecule has 1 unspecified atom stereocenters. The summed E-state index contributed by atoms with van der Waals surface area (Å²) in [6, 6.07) is 6.34. The molecule has 0 heterocycles. The van der Waals surface area contributed by atoms with Crippen molar-refractivity contribution >= 4 is 23.4 Å². The van der Waals surface area contributed by atoms with Gasteiger partial charge in [-0.25, -0.2) is 13.2 Å². The monoisotopic (exact) mass is 366 g/mol. The van der Waals surface area contributed by atoms with Gasteiger partial charge in [-0.1, -0.05) is 75.2 Å². The SMILES string of the molecule is CCCCCCCCCCC(F)(Sc1ccc(Cl)cc1)C(F)F. The second kappa shape index (κ2) is 11.2. The Labute approximate surface area is 147 Å². The third-order valence-corrected chi connectivity index (χ3v) is 5.28. The predicted octanol–water partition coefficient (Wildman–Crippen LogP) is 7.89. The molecule has 0 bridgehead atoms. The second-order valence-corrected chi connectivity index (χ2v) is 7.66. The largest absolute Gasteiger partial charge is 0.281 e. The molecule has 1 aromatic carbocycles. The van der Waals surface area contributed by atoms with Gasteiger partial charge in [0.2, 0.25) is 5.00 Å². The highest BCUT2D eigenvalue weighted by Gasteiger charge is 2.41. The summed E-state index contributed by atoms with van der Waals surface area (Å²) in [5.74, 6) is 0. The molecule has 0 spiro atoms. The van der Waals surface area contributed by atoms with Crippen molar-refractivity contribution in [2.45, 2.75) is 81.0 Å². The van der Waals surface area contributed by atoms with E-state index in [9.17, 15) is 13.2 Å². The molecule has 0 radical (unpaired) electrons. The zero-order chi connectivity index (χ0) is 17.1. The first-order valence-corrected chi connectivity index (χ1v) is 9.59. The van der Waals surface area contributed by atoms with Gasteiger partial charge in [0, 0.05) is 9.92 Å². The van der Waals surface area contributed by atoms with Crippen molar-refractivity contribution in [2.24, 2.45) is 0 Å². The Bertz CT molecular complexity index is 425. The summed E-state index contributed by atoms with van der Waals surface area (Å²) < 4.78 is 40.8. The molecule has 0 aliphatic carbocycles. The minimum Gasteiger partial charge on any atom is -0.225 e. The number of thioether (sulfide) groups is 1. The van der Waals surface area contributed by atoms with Crippen LogP contribution in [-0.4, -0.2) is 11.4 Å². The summed E-state index contributed by atoms with van der Waals surface area (Å²) >= 11 is 6.37. The van der Waals surface area contributed by atoms with E-state index in [1.165, 1.54) is 25.7 Å². The molecule has 0 nitrogen and oxygen atoms in total. The highest BCUT2D eigenvalue weighted by atomic mass is 35.5. The Morgan fingerprint density at radius 3 is 2.00 bits per heavy atom. The van der Waals surface area contributed by atoms with Gasteiger partial charge in [0.25, 0.3) is 6.43 Å². The van der Waals surface area contributed by atoms with Crippen molar-refractivity contribution in [2.75, 3.05) is 0 Å². The molecule has 0 saturated heterocycles. The van der Waals surface area contributed by atoms with Crippen LogP contribution >= 0.6 is 23.4 Å². The molecule has 0 N–H and O–H groups in total. The summed E-state index contributed by atoms with van der Waals surface area (Å²) in [6.07, 6.45) is 5.17.